The fraction of sp³-hybridized carbons (Fsp3) is 0.662. The topological polar surface area (TPSA) is 651 Å². The van der Waals surface area contributed by atoms with Crippen LogP contribution in [0, 0.1) is 17.8 Å². The number of amides is 14. The number of phenols is 1. The summed E-state index contributed by atoms with van der Waals surface area (Å²) < 4.78 is 0. The van der Waals surface area contributed by atoms with Gasteiger partial charge in [-0.25, -0.2) is 4.79 Å². The second-order valence-corrected chi connectivity index (χ2v) is 28.7. The van der Waals surface area contributed by atoms with Gasteiger partial charge in [-0.2, -0.15) is 11.8 Å². The van der Waals surface area contributed by atoms with E-state index < -0.39 is 230 Å². The average Bonchev–Trinajstić information content (AvgIpc) is 1.58. The van der Waals surface area contributed by atoms with Crippen LogP contribution in [0.5, 0.6) is 5.75 Å². The molecule has 1 heterocycles. The van der Waals surface area contributed by atoms with E-state index in [-0.39, 0.29) is 100 Å². The van der Waals surface area contributed by atoms with Crippen molar-refractivity contribution in [2.75, 3.05) is 31.7 Å². The number of aliphatic hydroxyl groups is 2. The van der Waals surface area contributed by atoms with E-state index in [2.05, 4.69) is 53.2 Å². The van der Waals surface area contributed by atoms with Gasteiger partial charge < -0.3 is 117 Å². The second-order valence-electron chi connectivity index (χ2n) is 27.7. The number of carboxylic acid groups (broad SMARTS) is 3. The Kier molecular flexibility index (Phi) is 41.7. The minimum absolute atomic E-state index is 0.00632. The number of carbonyl (C=O) groups excluding carboxylic acids is 14. The van der Waals surface area contributed by atoms with Crippen molar-refractivity contribution < 1.29 is 112 Å². The van der Waals surface area contributed by atoms with E-state index in [0.717, 1.165) is 4.90 Å². The highest BCUT2D eigenvalue weighted by atomic mass is 32.2. The first-order valence-corrected chi connectivity index (χ1v) is 36.9. The SMILES string of the molecule is CSCC[C@H](NC(=O)[C@H](CCC(N)=O)NC(=O)[C@H](CC(C)C)NC(=O)[C@H](Cc1ccc(O)cc1)NC(=O)[C@H](CC(C)C)NC(=O)[C@@H](N)[C@@H](C)O)C(=O)N[C@@H](CC(N)=O)C(=O)N[C@@H](CO)C(=O)N[C@@H](CC(C)C)C(=O)N[C@@H](CCCCN)C(=O)N1CCC[C@H]1C(=O)N[C@@H](CCC(=O)O)C(=O)N[C@@H](CC(=O)O)C(=O)O. The molecule has 39 nitrogen and oxygen atoms in total. The number of aromatic hydroxyl groups is 1. The van der Waals surface area contributed by atoms with Crippen LogP contribution >= 0.6 is 11.8 Å². The molecular formula is C68H110N16O23S. The van der Waals surface area contributed by atoms with Crippen LogP contribution in [0.4, 0.5) is 0 Å². The van der Waals surface area contributed by atoms with Gasteiger partial charge in [0.05, 0.1) is 25.6 Å². The van der Waals surface area contributed by atoms with Gasteiger partial charge in [-0.1, -0.05) is 53.7 Å². The normalized spacial score (nSPS) is 16.3. The highest BCUT2D eigenvalue weighted by molar-refractivity contribution is 7.98. The predicted octanol–water partition coefficient (Wildman–Crippen LogP) is -5.46. The number of hydrogen-bond donors (Lipinski definition) is 21. The van der Waals surface area contributed by atoms with Crippen LogP contribution in [0.1, 0.15) is 150 Å². The molecule has 1 aromatic carbocycles. The second kappa shape index (κ2) is 47.8. The molecule has 606 valence electrons. The van der Waals surface area contributed by atoms with Gasteiger partial charge >= 0.3 is 17.9 Å². The number of unbranched alkanes of at least 4 members (excludes halogenated alkanes) is 1. The lowest BCUT2D eigenvalue weighted by Crippen LogP contribution is -2.61. The van der Waals surface area contributed by atoms with E-state index in [4.69, 9.17) is 22.9 Å². The Bertz CT molecular complexity index is 3270. The molecule has 0 saturated carbocycles. The molecule has 108 heavy (non-hydrogen) atoms. The zero-order chi connectivity index (χ0) is 81.8. The summed E-state index contributed by atoms with van der Waals surface area (Å²) in [6.07, 6.45) is -3.87. The van der Waals surface area contributed by atoms with E-state index in [9.17, 15) is 112 Å². The third-order valence-electron chi connectivity index (χ3n) is 16.9. The molecule has 1 fully saturated rings. The number of phenolic OH excluding ortho intramolecular Hbond substituents is 1. The summed E-state index contributed by atoms with van der Waals surface area (Å²) in [5, 5.41) is 85.4. The van der Waals surface area contributed by atoms with E-state index in [1.807, 2.05) is 5.32 Å². The Balaban J connectivity index is 2.49. The Morgan fingerprint density at radius 1 is 0.491 bits per heavy atom. The zero-order valence-corrected chi connectivity index (χ0v) is 62.9. The summed E-state index contributed by atoms with van der Waals surface area (Å²) in [5.74, 6) is -20.0. The summed E-state index contributed by atoms with van der Waals surface area (Å²) in [5.41, 5.74) is 23.1. The van der Waals surface area contributed by atoms with E-state index in [0.29, 0.717) is 12.0 Å². The van der Waals surface area contributed by atoms with Gasteiger partial charge in [-0.05, 0) is 132 Å². The van der Waals surface area contributed by atoms with Crippen molar-refractivity contribution in [3.8, 4) is 5.75 Å². The van der Waals surface area contributed by atoms with Crippen molar-refractivity contribution >= 4 is 112 Å². The van der Waals surface area contributed by atoms with Crippen molar-refractivity contribution in [3.05, 3.63) is 29.8 Å². The molecule has 0 unspecified atom stereocenters. The number of hydrogen-bond acceptors (Lipinski definition) is 23. The molecule has 1 saturated heterocycles. The molecule has 14 atom stereocenters. The van der Waals surface area contributed by atoms with Gasteiger partial charge in [-0.15, -0.1) is 0 Å². The number of benzene rings is 1. The quantitative estimate of drug-likeness (QED) is 0.0271. The molecular weight excluding hydrogens is 1440 g/mol. The van der Waals surface area contributed by atoms with Gasteiger partial charge in [-0.3, -0.25) is 76.7 Å². The molecule has 0 bridgehead atoms. The number of nitrogens with two attached hydrogens (primary N) is 4. The van der Waals surface area contributed by atoms with Gasteiger partial charge in [0.15, 0.2) is 0 Å². The Labute approximate surface area is 629 Å². The van der Waals surface area contributed by atoms with Crippen LogP contribution in [0.3, 0.4) is 0 Å². The van der Waals surface area contributed by atoms with Crippen LogP contribution in [-0.4, -0.2) is 253 Å². The van der Waals surface area contributed by atoms with Crippen LogP contribution in [0.25, 0.3) is 0 Å². The number of aliphatic carboxylic acids is 3. The van der Waals surface area contributed by atoms with Crippen LogP contribution in [0.2, 0.25) is 0 Å². The number of nitrogens with one attached hydrogen (secondary N) is 11. The molecule has 0 aliphatic carbocycles. The minimum Gasteiger partial charge on any atom is -0.508 e. The van der Waals surface area contributed by atoms with Gasteiger partial charge in [0.1, 0.15) is 84.3 Å². The minimum atomic E-state index is -1.97. The summed E-state index contributed by atoms with van der Waals surface area (Å²) in [7, 11) is 0. The fourth-order valence-electron chi connectivity index (χ4n) is 11.2. The van der Waals surface area contributed by atoms with Gasteiger partial charge in [0.2, 0.25) is 82.7 Å². The summed E-state index contributed by atoms with van der Waals surface area (Å²) in [4.78, 5) is 230. The Morgan fingerprint density at radius 2 is 0.907 bits per heavy atom. The summed E-state index contributed by atoms with van der Waals surface area (Å²) in [6, 6.07) is -15.2. The summed E-state index contributed by atoms with van der Waals surface area (Å²) >= 11 is 1.21. The lowest BCUT2D eigenvalue weighted by Gasteiger charge is -2.31. The molecule has 25 N–H and O–H groups in total. The molecule has 1 aliphatic heterocycles. The van der Waals surface area contributed by atoms with Crippen molar-refractivity contribution in [2.45, 2.75) is 236 Å². The Hall–Kier alpha value is -9.80. The number of aliphatic hydroxyl groups excluding tert-OH is 2. The number of primary amides is 2. The molecule has 1 aromatic rings. The highest BCUT2D eigenvalue weighted by Gasteiger charge is 2.42. The number of thioether (sulfide) groups is 1. The third kappa shape index (κ3) is 34.4. The fourth-order valence-corrected chi connectivity index (χ4v) is 11.7. The first kappa shape index (κ1) is 94.3. The summed E-state index contributed by atoms with van der Waals surface area (Å²) in [6.45, 7) is 10.5. The van der Waals surface area contributed by atoms with Crippen LogP contribution < -0.4 is 81.4 Å². The first-order chi connectivity index (χ1) is 50.6. The van der Waals surface area contributed by atoms with Crippen LogP contribution in [0.15, 0.2) is 24.3 Å². The molecule has 14 amide bonds. The molecule has 2 rings (SSSR count). The number of carboxylic acids is 3. The average molecular weight is 1550 g/mol. The van der Waals surface area contributed by atoms with E-state index in [1.165, 1.54) is 43.0 Å². The van der Waals surface area contributed by atoms with E-state index in [1.54, 1.807) is 47.8 Å². The molecule has 0 spiro atoms. The van der Waals surface area contributed by atoms with Gasteiger partial charge in [0.25, 0.3) is 0 Å². The number of carbonyl (C=O) groups is 17. The van der Waals surface area contributed by atoms with Crippen molar-refractivity contribution in [2.24, 2.45) is 40.7 Å². The highest BCUT2D eigenvalue weighted by Crippen LogP contribution is 2.22. The first-order valence-electron chi connectivity index (χ1n) is 35.5. The molecule has 1 aliphatic rings. The lowest BCUT2D eigenvalue weighted by molar-refractivity contribution is -0.147. The Morgan fingerprint density at radius 3 is 1.36 bits per heavy atom. The maximum Gasteiger partial charge on any atom is 0.326 e. The zero-order valence-electron chi connectivity index (χ0n) is 62.1. The maximum atomic E-state index is 14.5. The number of nitrogens with zero attached hydrogens (tertiary/aromatic N) is 1. The van der Waals surface area contributed by atoms with Gasteiger partial charge in [0, 0.05) is 25.8 Å². The monoisotopic (exact) mass is 1550 g/mol. The van der Waals surface area contributed by atoms with Crippen molar-refractivity contribution in [1.82, 2.24) is 63.4 Å². The number of likely N-dealkylation sites (tertiary alicyclic amines) is 1. The lowest BCUT2D eigenvalue weighted by atomic mass is 9.99. The van der Waals surface area contributed by atoms with Crippen LogP contribution in [-0.2, 0) is 87.9 Å². The molecule has 0 aromatic heterocycles. The standard InChI is InChI=1S/C68H110N16O23S/c1-33(2)26-43(77-62(100)46(29-37-14-16-38(87)17-15-37)79-61(99)45(28-35(5)6)81-66(104)55(72)36(7)86)59(97)73-39(18-20-51(70)88)56(94)74-41(22-25-108-8)58(96)80-47(30-52(71)89)63(101)83-49(32-85)64(102)78-44(27-34(3)4)60(98)76-42(12-9-10-23-69)67(105)84-24-11-13-50(84)65(103)75-40(19-21-53(90)91)57(95)82-48(68(106)107)31-54(92)93/h14-17,33-36,39-50,55,85-87H,9-13,18-32,69,72H2,1-8H3,(H2,70,88)(H2,71,89)(H,73,97)(H,74,94)(H,75,103)(H,76,98)(H,77,100)(H,78,102)(H,79,99)(H,80,96)(H,81,104)(H,82,95)(H,83,101)(H,90,91)(H,92,93)(H,106,107)/t36-,39+,40+,41+,42+,43+,44+,45+,46+,47+,48+,49+,50+,55+/m1/s1. The van der Waals surface area contributed by atoms with E-state index >= 15 is 0 Å². The molecule has 40 heteroatoms. The maximum absolute atomic E-state index is 14.5. The van der Waals surface area contributed by atoms with Crippen molar-refractivity contribution in [1.29, 1.82) is 0 Å². The smallest absolute Gasteiger partial charge is 0.326 e. The number of rotatable bonds is 51. The largest absolute Gasteiger partial charge is 0.508 e. The predicted molar refractivity (Wildman–Crippen MR) is 388 cm³/mol. The molecule has 0 radical (unpaired) electrons. The van der Waals surface area contributed by atoms with Crippen molar-refractivity contribution in [3.63, 3.8) is 0 Å². The third-order valence-corrected chi connectivity index (χ3v) is 17.6.